The van der Waals surface area contributed by atoms with Gasteiger partial charge in [0.15, 0.2) is 0 Å². The number of fused-ring (bicyclic) bond motifs is 1. The fraction of sp³-hybridized carbons (Fsp3) is 0.364. The zero-order chi connectivity index (χ0) is 22.0. The first-order chi connectivity index (χ1) is 15.0. The van der Waals surface area contributed by atoms with Gasteiger partial charge in [0.2, 0.25) is 5.91 Å². The Bertz CT molecular complexity index is 1220. The minimum absolute atomic E-state index is 0.221. The highest BCUT2D eigenvalue weighted by molar-refractivity contribution is 5.91. The van der Waals surface area contributed by atoms with Gasteiger partial charge in [0, 0.05) is 24.8 Å². The maximum absolute atomic E-state index is 12.9. The Balaban J connectivity index is 1.53. The van der Waals surface area contributed by atoms with Gasteiger partial charge in [-0.25, -0.2) is 9.36 Å². The molecular formula is C22H24N4O5. The summed E-state index contributed by atoms with van der Waals surface area (Å²) >= 11 is 0. The Morgan fingerprint density at radius 2 is 1.81 bits per heavy atom. The Hall–Kier alpha value is -3.62. The van der Waals surface area contributed by atoms with Crippen molar-refractivity contribution >= 4 is 22.9 Å². The summed E-state index contributed by atoms with van der Waals surface area (Å²) in [6.45, 7) is 2.51. The van der Waals surface area contributed by atoms with Gasteiger partial charge in [0.05, 0.1) is 18.0 Å². The Morgan fingerprint density at radius 3 is 2.48 bits per heavy atom. The standard InChI is InChI=1S/C22H24N4O5/c1-2-31-21(29)15-8-10-25(11-9-15)17(27)13-26-20(28)19-18(24-22(26)30)16(12-23-19)14-6-4-3-5-7-14/h3-7,12,15,23H,2,8-11,13H2,1H3,(H,24,30). The molecule has 31 heavy (non-hydrogen) atoms. The normalized spacial score (nSPS) is 14.7. The number of carbonyl (C=O) groups is 2. The van der Waals surface area contributed by atoms with Crippen LogP contribution < -0.4 is 11.2 Å². The third kappa shape index (κ3) is 4.03. The van der Waals surface area contributed by atoms with E-state index >= 15 is 0 Å². The summed E-state index contributed by atoms with van der Waals surface area (Å²) < 4.78 is 5.95. The summed E-state index contributed by atoms with van der Waals surface area (Å²) in [7, 11) is 0. The molecule has 1 aliphatic rings. The maximum Gasteiger partial charge on any atom is 0.329 e. The van der Waals surface area contributed by atoms with Gasteiger partial charge >= 0.3 is 11.7 Å². The molecule has 0 atom stereocenters. The van der Waals surface area contributed by atoms with Gasteiger partial charge in [-0.1, -0.05) is 30.3 Å². The number of piperidine rings is 1. The fourth-order valence-electron chi connectivity index (χ4n) is 3.97. The van der Waals surface area contributed by atoms with E-state index in [0.717, 1.165) is 10.1 Å². The van der Waals surface area contributed by atoms with Crippen molar-refractivity contribution in [1.29, 1.82) is 0 Å². The number of ether oxygens (including phenoxy) is 1. The van der Waals surface area contributed by atoms with Gasteiger partial charge in [0.25, 0.3) is 5.56 Å². The number of rotatable bonds is 5. The van der Waals surface area contributed by atoms with E-state index in [2.05, 4.69) is 9.97 Å². The minimum Gasteiger partial charge on any atom is -0.466 e. The van der Waals surface area contributed by atoms with E-state index < -0.39 is 11.2 Å². The molecule has 0 saturated carbocycles. The first-order valence-corrected chi connectivity index (χ1v) is 10.3. The van der Waals surface area contributed by atoms with E-state index in [-0.39, 0.29) is 29.9 Å². The van der Waals surface area contributed by atoms with E-state index in [1.54, 1.807) is 18.0 Å². The molecule has 1 amide bonds. The highest BCUT2D eigenvalue weighted by atomic mass is 16.5. The molecule has 0 bridgehead atoms. The lowest BCUT2D eigenvalue weighted by atomic mass is 9.97. The van der Waals surface area contributed by atoms with Crippen molar-refractivity contribution in [1.82, 2.24) is 19.4 Å². The largest absolute Gasteiger partial charge is 0.466 e. The Morgan fingerprint density at radius 1 is 1.10 bits per heavy atom. The average Bonchev–Trinajstić information content (AvgIpc) is 3.21. The zero-order valence-electron chi connectivity index (χ0n) is 17.2. The number of amides is 1. The van der Waals surface area contributed by atoms with E-state index in [1.165, 1.54) is 0 Å². The smallest absolute Gasteiger partial charge is 0.329 e. The number of nitrogens with zero attached hydrogens (tertiary/aromatic N) is 2. The number of esters is 1. The second kappa shape index (κ2) is 8.63. The van der Waals surface area contributed by atoms with Crippen LogP contribution in [0.2, 0.25) is 0 Å². The molecule has 0 radical (unpaired) electrons. The first kappa shape index (κ1) is 20.6. The predicted molar refractivity (Wildman–Crippen MR) is 115 cm³/mol. The van der Waals surface area contributed by atoms with Gasteiger partial charge < -0.3 is 19.6 Å². The monoisotopic (exact) mass is 424 g/mol. The summed E-state index contributed by atoms with van der Waals surface area (Å²) in [4.78, 5) is 57.4. The molecular weight excluding hydrogens is 400 g/mol. The van der Waals surface area contributed by atoms with Crippen molar-refractivity contribution in [2.24, 2.45) is 5.92 Å². The molecule has 1 fully saturated rings. The van der Waals surface area contributed by atoms with Crippen LogP contribution in [-0.4, -0.2) is 51.0 Å². The van der Waals surface area contributed by atoms with Crippen LogP contribution in [0, 0.1) is 5.92 Å². The van der Waals surface area contributed by atoms with Crippen LogP contribution >= 0.6 is 0 Å². The maximum atomic E-state index is 12.9. The zero-order valence-corrected chi connectivity index (χ0v) is 17.2. The molecule has 9 heteroatoms. The van der Waals surface area contributed by atoms with Crippen LogP contribution in [0.4, 0.5) is 0 Å². The highest BCUT2D eigenvalue weighted by Crippen LogP contribution is 2.24. The number of hydrogen-bond acceptors (Lipinski definition) is 5. The number of nitrogens with one attached hydrogen (secondary N) is 2. The second-order valence-corrected chi connectivity index (χ2v) is 7.55. The van der Waals surface area contributed by atoms with Crippen LogP contribution in [0.1, 0.15) is 19.8 Å². The van der Waals surface area contributed by atoms with E-state index in [9.17, 15) is 19.2 Å². The molecule has 0 spiro atoms. The van der Waals surface area contributed by atoms with Gasteiger partial charge in [-0.3, -0.25) is 14.4 Å². The number of H-pyrrole nitrogens is 2. The van der Waals surface area contributed by atoms with Crippen LogP contribution in [-0.2, 0) is 20.9 Å². The first-order valence-electron chi connectivity index (χ1n) is 10.3. The van der Waals surface area contributed by atoms with Crippen molar-refractivity contribution < 1.29 is 14.3 Å². The quantitative estimate of drug-likeness (QED) is 0.602. The number of carbonyl (C=O) groups excluding carboxylic acids is 2. The van der Waals surface area contributed by atoms with Gasteiger partial charge in [-0.2, -0.15) is 0 Å². The SMILES string of the molecule is CCOC(=O)C1CCN(C(=O)Cn2c(=O)[nH]c3c(-c4ccccc4)c[nH]c3c2=O)CC1. The van der Waals surface area contributed by atoms with Crippen LogP contribution in [0.3, 0.4) is 0 Å². The molecule has 3 heterocycles. The predicted octanol–water partition coefficient (Wildman–Crippen LogP) is 1.49. The molecule has 2 aromatic heterocycles. The van der Waals surface area contributed by atoms with Gasteiger partial charge in [0.1, 0.15) is 12.1 Å². The lowest BCUT2D eigenvalue weighted by molar-refractivity contribution is -0.151. The van der Waals surface area contributed by atoms with Crippen LogP contribution in [0.5, 0.6) is 0 Å². The van der Waals surface area contributed by atoms with E-state index in [1.807, 2.05) is 30.3 Å². The van der Waals surface area contributed by atoms with Crippen molar-refractivity contribution in [3.05, 3.63) is 57.4 Å². The number of hydrogen-bond donors (Lipinski definition) is 2. The average molecular weight is 424 g/mol. The fourth-order valence-corrected chi connectivity index (χ4v) is 3.97. The minimum atomic E-state index is -0.635. The van der Waals surface area contributed by atoms with Crippen molar-refractivity contribution in [2.75, 3.05) is 19.7 Å². The molecule has 1 saturated heterocycles. The lowest BCUT2D eigenvalue weighted by Crippen LogP contribution is -2.45. The molecule has 1 aliphatic heterocycles. The van der Waals surface area contributed by atoms with Crippen molar-refractivity contribution in [3.8, 4) is 11.1 Å². The lowest BCUT2D eigenvalue weighted by Gasteiger charge is -2.30. The molecule has 4 rings (SSSR count). The highest BCUT2D eigenvalue weighted by Gasteiger charge is 2.28. The molecule has 1 aromatic carbocycles. The van der Waals surface area contributed by atoms with Crippen LogP contribution in [0.15, 0.2) is 46.1 Å². The molecule has 0 aliphatic carbocycles. The van der Waals surface area contributed by atoms with E-state index in [0.29, 0.717) is 43.6 Å². The summed E-state index contributed by atoms with van der Waals surface area (Å²) in [5.74, 6) is -0.792. The van der Waals surface area contributed by atoms with Crippen molar-refractivity contribution in [2.45, 2.75) is 26.3 Å². The third-order valence-electron chi connectivity index (χ3n) is 5.66. The Labute approximate surface area is 177 Å². The van der Waals surface area contributed by atoms with Crippen LogP contribution in [0.25, 0.3) is 22.2 Å². The third-order valence-corrected chi connectivity index (χ3v) is 5.66. The van der Waals surface area contributed by atoms with Gasteiger partial charge in [-0.05, 0) is 25.3 Å². The second-order valence-electron chi connectivity index (χ2n) is 7.55. The topological polar surface area (TPSA) is 117 Å². The molecule has 3 aromatic rings. The summed E-state index contributed by atoms with van der Waals surface area (Å²) in [6.07, 6.45) is 2.68. The van der Waals surface area contributed by atoms with Crippen molar-refractivity contribution in [3.63, 3.8) is 0 Å². The number of aromatic nitrogens is 3. The molecule has 0 unspecified atom stereocenters. The summed E-state index contributed by atoms with van der Waals surface area (Å²) in [6, 6.07) is 9.40. The van der Waals surface area contributed by atoms with E-state index in [4.69, 9.17) is 4.74 Å². The number of likely N-dealkylation sites (tertiary alicyclic amines) is 1. The summed E-state index contributed by atoms with van der Waals surface area (Å²) in [5, 5.41) is 0. The molecule has 2 N–H and O–H groups in total. The molecule has 9 nitrogen and oxygen atoms in total. The number of aromatic amines is 2. The Kier molecular flexibility index (Phi) is 5.75. The van der Waals surface area contributed by atoms with Gasteiger partial charge in [-0.15, -0.1) is 0 Å². The number of benzene rings is 1. The summed E-state index contributed by atoms with van der Waals surface area (Å²) in [5.41, 5.74) is 1.05. The molecule has 162 valence electrons.